The predicted molar refractivity (Wildman–Crippen MR) is 115 cm³/mol. The molecule has 0 saturated heterocycles. The fraction of sp³-hybridized carbons (Fsp3) is 0.167. The van der Waals surface area contributed by atoms with Crippen molar-refractivity contribution in [2.24, 2.45) is 0 Å². The number of para-hydroxylation sites is 4. The minimum absolute atomic E-state index is 0.0412. The van der Waals surface area contributed by atoms with E-state index in [2.05, 4.69) is 28.9 Å². The van der Waals surface area contributed by atoms with E-state index in [-0.39, 0.29) is 5.91 Å². The van der Waals surface area contributed by atoms with Crippen LogP contribution in [0, 0.1) is 0 Å². The van der Waals surface area contributed by atoms with Crippen molar-refractivity contribution in [3.63, 3.8) is 0 Å². The highest BCUT2D eigenvalue weighted by Gasteiger charge is 2.55. The summed E-state index contributed by atoms with van der Waals surface area (Å²) in [5.41, 5.74) is 4.68. The van der Waals surface area contributed by atoms with Gasteiger partial charge in [0.15, 0.2) is 0 Å². The molecule has 29 heavy (non-hydrogen) atoms. The highest BCUT2D eigenvalue weighted by Crippen LogP contribution is 2.50. The van der Waals surface area contributed by atoms with Gasteiger partial charge in [-0.3, -0.25) is 9.36 Å². The molecule has 1 amide bonds. The van der Waals surface area contributed by atoms with E-state index in [0.29, 0.717) is 6.54 Å². The summed E-state index contributed by atoms with van der Waals surface area (Å²) < 4.78 is 2.10. The largest absolute Gasteiger partial charge is 0.350 e. The monoisotopic (exact) mass is 380 g/mol. The van der Waals surface area contributed by atoms with Crippen molar-refractivity contribution >= 4 is 28.3 Å². The van der Waals surface area contributed by atoms with Gasteiger partial charge in [0.1, 0.15) is 5.82 Å². The van der Waals surface area contributed by atoms with Gasteiger partial charge in [-0.2, -0.15) is 0 Å². The minimum Gasteiger partial charge on any atom is -0.350 e. The van der Waals surface area contributed by atoms with Crippen molar-refractivity contribution in [2.75, 3.05) is 16.8 Å². The van der Waals surface area contributed by atoms with Crippen LogP contribution in [0.15, 0.2) is 72.8 Å². The first-order chi connectivity index (χ1) is 14.3. The first-order valence-electron chi connectivity index (χ1n) is 10.0. The second-order valence-electron chi connectivity index (χ2n) is 7.61. The molecule has 2 aliphatic heterocycles. The number of nitrogens with zero attached hydrogens (tertiary/aromatic N) is 3. The fourth-order valence-corrected chi connectivity index (χ4v) is 4.80. The van der Waals surface area contributed by atoms with Crippen LogP contribution in [-0.2, 0) is 10.5 Å². The predicted octanol–water partition coefficient (Wildman–Crippen LogP) is 4.59. The highest BCUT2D eigenvalue weighted by molar-refractivity contribution is 6.12. The van der Waals surface area contributed by atoms with Crippen LogP contribution < -0.4 is 10.2 Å². The van der Waals surface area contributed by atoms with Gasteiger partial charge in [0.25, 0.3) is 5.91 Å². The van der Waals surface area contributed by atoms with Gasteiger partial charge in [0.05, 0.1) is 16.7 Å². The third-order valence-electron chi connectivity index (χ3n) is 5.97. The number of benzene rings is 3. The molecular formula is C24H20N4O. The lowest BCUT2D eigenvalue weighted by atomic mass is 9.95. The van der Waals surface area contributed by atoms with Crippen molar-refractivity contribution in [1.29, 1.82) is 0 Å². The topological polar surface area (TPSA) is 50.2 Å². The normalized spacial score (nSPS) is 19.2. The zero-order valence-electron chi connectivity index (χ0n) is 16.1. The van der Waals surface area contributed by atoms with Crippen molar-refractivity contribution < 1.29 is 4.79 Å². The molecule has 0 radical (unpaired) electrons. The van der Waals surface area contributed by atoms with Gasteiger partial charge >= 0.3 is 0 Å². The van der Waals surface area contributed by atoms with Crippen LogP contribution in [0.2, 0.25) is 0 Å². The Morgan fingerprint density at radius 3 is 2.62 bits per heavy atom. The standard InChI is InChI=1S/C24H20N4O/c1-2-15-27-20-13-7-4-10-17(20)24(23(27)29)26-18-11-5-3-9-16(18)22-25-19-12-6-8-14-21(19)28(22)24/h3-14,26H,2,15H2,1H3. The van der Waals surface area contributed by atoms with Crippen LogP contribution in [0.25, 0.3) is 22.4 Å². The summed E-state index contributed by atoms with van der Waals surface area (Å²) in [6, 6.07) is 24.2. The second-order valence-corrected chi connectivity index (χ2v) is 7.61. The molecule has 6 rings (SSSR count). The van der Waals surface area contributed by atoms with Gasteiger partial charge < -0.3 is 10.2 Å². The molecular weight excluding hydrogens is 360 g/mol. The number of carbonyl (C=O) groups excluding carboxylic acids is 1. The van der Waals surface area contributed by atoms with Gasteiger partial charge in [0, 0.05) is 23.4 Å². The van der Waals surface area contributed by atoms with E-state index in [4.69, 9.17) is 4.98 Å². The quantitative estimate of drug-likeness (QED) is 0.553. The maximum absolute atomic E-state index is 14.1. The molecule has 1 spiro atoms. The van der Waals surface area contributed by atoms with Gasteiger partial charge in [-0.05, 0) is 36.8 Å². The first kappa shape index (κ1) is 16.4. The fourth-order valence-electron chi connectivity index (χ4n) is 4.80. The molecule has 0 saturated carbocycles. The number of amides is 1. The van der Waals surface area contributed by atoms with Gasteiger partial charge in [0.2, 0.25) is 5.66 Å². The molecule has 1 atom stereocenters. The van der Waals surface area contributed by atoms with Crippen LogP contribution in [0.5, 0.6) is 0 Å². The summed E-state index contributed by atoms with van der Waals surface area (Å²) in [5, 5.41) is 3.63. The van der Waals surface area contributed by atoms with Gasteiger partial charge in [-0.25, -0.2) is 4.98 Å². The second kappa shape index (κ2) is 5.70. The number of nitrogens with one attached hydrogen (secondary N) is 1. The number of aromatic nitrogens is 2. The molecule has 1 N–H and O–H groups in total. The number of carbonyl (C=O) groups is 1. The molecule has 142 valence electrons. The third-order valence-corrected chi connectivity index (χ3v) is 5.97. The van der Waals surface area contributed by atoms with E-state index in [1.54, 1.807) is 0 Å². The number of rotatable bonds is 2. The Labute approximate surface area is 168 Å². The Hall–Kier alpha value is -3.60. The summed E-state index contributed by atoms with van der Waals surface area (Å²) in [6.45, 7) is 2.78. The Morgan fingerprint density at radius 1 is 0.966 bits per heavy atom. The van der Waals surface area contributed by atoms with Crippen molar-refractivity contribution in [3.8, 4) is 11.4 Å². The molecule has 1 aromatic heterocycles. The van der Waals surface area contributed by atoms with Crippen molar-refractivity contribution in [1.82, 2.24) is 9.55 Å². The number of imidazole rings is 1. The number of anilines is 2. The van der Waals surface area contributed by atoms with Crippen LogP contribution in [0.4, 0.5) is 11.4 Å². The van der Waals surface area contributed by atoms with E-state index in [1.165, 1.54) is 0 Å². The number of hydrogen-bond donors (Lipinski definition) is 1. The van der Waals surface area contributed by atoms with Gasteiger partial charge in [-0.15, -0.1) is 0 Å². The van der Waals surface area contributed by atoms with Crippen LogP contribution in [0.1, 0.15) is 18.9 Å². The minimum atomic E-state index is -1.04. The van der Waals surface area contributed by atoms with Crippen molar-refractivity contribution in [3.05, 3.63) is 78.4 Å². The maximum atomic E-state index is 14.1. The van der Waals surface area contributed by atoms with E-state index in [1.807, 2.05) is 65.6 Å². The van der Waals surface area contributed by atoms with Gasteiger partial charge in [-0.1, -0.05) is 49.4 Å². The molecule has 5 heteroatoms. The van der Waals surface area contributed by atoms with Crippen LogP contribution in [-0.4, -0.2) is 22.0 Å². The molecule has 3 heterocycles. The van der Waals surface area contributed by atoms with E-state index >= 15 is 0 Å². The molecule has 0 aliphatic carbocycles. The zero-order chi connectivity index (χ0) is 19.6. The first-order valence-corrected chi connectivity index (χ1v) is 10.0. The zero-order valence-corrected chi connectivity index (χ0v) is 16.1. The third kappa shape index (κ3) is 1.94. The Kier molecular flexibility index (Phi) is 3.22. The molecule has 0 fully saturated rings. The summed E-state index contributed by atoms with van der Waals surface area (Å²) in [5.74, 6) is 0.863. The number of fused-ring (bicyclic) bond motifs is 8. The number of hydrogen-bond acceptors (Lipinski definition) is 3. The summed E-state index contributed by atoms with van der Waals surface area (Å²) in [4.78, 5) is 20.9. The van der Waals surface area contributed by atoms with Crippen molar-refractivity contribution in [2.45, 2.75) is 19.0 Å². The smallest absolute Gasteiger partial charge is 0.279 e. The van der Waals surface area contributed by atoms with E-state index in [9.17, 15) is 4.79 Å². The SMILES string of the molecule is CCCN1C(=O)C2(Nc3ccccc3-c3nc4ccccc4n32)c2ccccc21. The maximum Gasteiger partial charge on any atom is 0.279 e. The lowest BCUT2D eigenvalue weighted by Gasteiger charge is -2.38. The average molecular weight is 380 g/mol. The Morgan fingerprint density at radius 2 is 1.72 bits per heavy atom. The summed E-state index contributed by atoms with van der Waals surface area (Å²) in [6.07, 6.45) is 0.893. The molecule has 5 nitrogen and oxygen atoms in total. The molecule has 4 aromatic rings. The highest BCUT2D eigenvalue weighted by atomic mass is 16.2. The summed E-state index contributed by atoms with van der Waals surface area (Å²) >= 11 is 0. The molecule has 2 aliphatic rings. The Bertz CT molecular complexity index is 1290. The van der Waals surface area contributed by atoms with E-state index < -0.39 is 5.66 Å². The molecule has 3 aromatic carbocycles. The lowest BCUT2D eigenvalue weighted by Crippen LogP contribution is -2.53. The van der Waals surface area contributed by atoms with E-state index in [0.717, 1.165) is 45.8 Å². The molecule has 1 unspecified atom stereocenters. The Balaban J connectivity index is 1.75. The summed E-state index contributed by atoms with van der Waals surface area (Å²) in [7, 11) is 0. The lowest BCUT2D eigenvalue weighted by molar-refractivity contribution is -0.123. The average Bonchev–Trinajstić information content (AvgIpc) is 3.26. The van der Waals surface area contributed by atoms with Crippen LogP contribution >= 0.6 is 0 Å². The molecule has 0 bridgehead atoms. The van der Waals surface area contributed by atoms with Crippen LogP contribution in [0.3, 0.4) is 0 Å².